The molecule has 0 aliphatic heterocycles. The van der Waals surface area contributed by atoms with Crippen LogP contribution in [0.4, 0.5) is 5.69 Å². The van der Waals surface area contributed by atoms with E-state index in [1.54, 1.807) is 12.1 Å². The molecular weight excluding hydrogens is 478 g/mol. The quantitative estimate of drug-likeness (QED) is 0.440. The van der Waals surface area contributed by atoms with Crippen LogP contribution in [-0.2, 0) is 11.3 Å². The molecule has 7 nitrogen and oxygen atoms in total. The van der Waals surface area contributed by atoms with Gasteiger partial charge in [0.25, 0.3) is 5.91 Å². The topological polar surface area (TPSA) is 88.9 Å². The molecule has 162 valence electrons. The molecule has 9 heteroatoms. The average molecular weight is 502 g/mol. The van der Waals surface area contributed by atoms with Gasteiger partial charge in [0.1, 0.15) is 0 Å². The van der Waals surface area contributed by atoms with Crippen LogP contribution in [0.1, 0.15) is 41.6 Å². The third-order valence-corrected chi connectivity index (χ3v) is 6.07. The maximum atomic E-state index is 12.5. The summed E-state index contributed by atoms with van der Waals surface area (Å²) in [6.07, 6.45) is 0. The molecule has 3 rings (SSSR count). The molecule has 0 fully saturated rings. The SMILES string of the molecule is CCn1c(SCC(=O)Nc2ccc(Br)cc2)nnc1[C@H](C)NC(=O)c1ccc(C)cc1. The number of carbonyl (C=O) groups excluding carboxylic acids is 2. The molecule has 1 atom stereocenters. The van der Waals surface area contributed by atoms with Crippen LogP contribution >= 0.6 is 27.7 Å². The Hall–Kier alpha value is -2.65. The zero-order valence-corrected chi connectivity index (χ0v) is 20.0. The molecule has 0 saturated carbocycles. The van der Waals surface area contributed by atoms with Gasteiger partial charge in [-0.3, -0.25) is 9.59 Å². The molecule has 0 saturated heterocycles. The van der Waals surface area contributed by atoms with Crippen LogP contribution in [0.3, 0.4) is 0 Å². The second-order valence-corrected chi connectivity index (χ2v) is 8.85. The number of rotatable bonds is 8. The summed E-state index contributed by atoms with van der Waals surface area (Å²) < 4.78 is 2.87. The molecule has 0 aliphatic rings. The Morgan fingerprint density at radius 2 is 1.77 bits per heavy atom. The van der Waals surface area contributed by atoms with Crippen LogP contribution in [0.25, 0.3) is 0 Å². The van der Waals surface area contributed by atoms with Crippen molar-refractivity contribution in [1.82, 2.24) is 20.1 Å². The zero-order valence-electron chi connectivity index (χ0n) is 17.6. The highest BCUT2D eigenvalue weighted by atomic mass is 79.9. The Morgan fingerprint density at radius 1 is 1.10 bits per heavy atom. The summed E-state index contributed by atoms with van der Waals surface area (Å²) >= 11 is 4.69. The molecule has 3 aromatic rings. The van der Waals surface area contributed by atoms with Crippen molar-refractivity contribution in [2.45, 2.75) is 38.5 Å². The van der Waals surface area contributed by atoms with Gasteiger partial charge in [-0.1, -0.05) is 45.4 Å². The van der Waals surface area contributed by atoms with Crippen LogP contribution in [0.15, 0.2) is 58.2 Å². The number of aryl methyl sites for hydroxylation is 1. The number of thioether (sulfide) groups is 1. The maximum absolute atomic E-state index is 12.5. The Kier molecular flexibility index (Phi) is 7.86. The van der Waals surface area contributed by atoms with Crippen molar-refractivity contribution < 1.29 is 9.59 Å². The van der Waals surface area contributed by atoms with Crippen molar-refractivity contribution in [3.05, 3.63) is 70.0 Å². The maximum Gasteiger partial charge on any atom is 0.251 e. The molecule has 2 N–H and O–H groups in total. The number of hydrogen-bond acceptors (Lipinski definition) is 5. The lowest BCUT2D eigenvalue weighted by Gasteiger charge is -2.15. The largest absolute Gasteiger partial charge is 0.342 e. The molecule has 0 bridgehead atoms. The van der Waals surface area contributed by atoms with E-state index in [0.29, 0.717) is 23.1 Å². The minimum Gasteiger partial charge on any atom is -0.342 e. The Balaban J connectivity index is 1.61. The Morgan fingerprint density at radius 3 is 2.42 bits per heavy atom. The highest BCUT2D eigenvalue weighted by Gasteiger charge is 2.20. The highest BCUT2D eigenvalue weighted by molar-refractivity contribution is 9.10. The Labute approximate surface area is 194 Å². The molecule has 0 radical (unpaired) electrons. The van der Waals surface area contributed by atoms with E-state index in [9.17, 15) is 9.59 Å². The fourth-order valence-corrected chi connectivity index (χ4v) is 4.01. The van der Waals surface area contributed by atoms with Gasteiger partial charge < -0.3 is 15.2 Å². The predicted molar refractivity (Wildman–Crippen MR) is 126 cm³/mol. The number of hydrogen-bond donors (Lipinski definition) is 2. The van der Waals surface area contributed by atoms with Crippen LogP contribution in [0.5, 0.6) is 0 Å². The molecule has 1 heterocycles. The first-order valence-corrected chi connectivity index (χ1v) is 11.6. The fourth-order valence-electron chi connectivity index (χ4n) is 2.93. The lowest BCUT2D eigenvalue weighted by atomic mass is 10.1. The molecular formula is C22H24BrN5O2S. The molecule has 0 unspecified atom stereocenters. The number of amides is 2. The summed E-state index contributed by atoms with van der Waals surface area (Å²) in [6, 6.07) is 14.5. The standard InChI is InChI=1S/C22H24BrN5O2S/c1-4-28-20(15(3)24-21(30)16-7-5-14(2)6-8-16)26-27-22(28)31-13-19(29)25-18-11-9-17(23)10-12-18/h5-12,15H,4,13H2,1-3H3,(H,24,30)(H,25,29)/t15-/m0/s1. The van der Waals surface area contributed by atoms with Crippen molar-refractivity contribution in [3.8, 4) is 0 Å². The number of carbonyl (C=O) groups is 2. The van der Waals surface area contributed by atoms with E-state index in [0.717, 1.165) is 15.7 Å². The lowest BCUT2D eigenvalue weighted by Crippen LogP contribution is -2.28. The first kappa shape index (κ1) is 23.0. The van der Waals surface area contributed by atoms with E-state index < -0.39 is 0 Å². The summed E-state index contributed by atoms with van der Waals surface area (Å²) in [6.45, 7) is 6.46. The van der Waals surface area contributed by atoms with E-state index in [-0.39, 0.29) is 23.6 Å². The van der Waals surface area contributed by atoms with E-state index in [1.807, 2.05) is 61.7 Å². The van der Waals surface area contributed by atoms with Crippen molar-refractivity contribution in [1.29, 1.82) is 0 Å². The van der Waals surface area contributed by atoms with Gasteiger partial charge in [0.2, 0.25) is 5.91 Å². The van der Waals surface area contributed by atoms with Crippen molar-refractivity contribution >= 4 is 45.2 Å². The van der Waals surface area contributed by atoms with E-state index in [1.165, 1.54) is 11.8 Å². The first-order valence-electron chi connectivity index (χ1n) is 9.86. The number of aromatic nitrogens is 3. The third-order valence-electron chi connectivity index (χ3n) is 4.57. The van der Waals surface area contributed by atoms with Gasteiger partial charge in [0.05, 0.1) is 11.8 Å². The molecule has 2 aromatic carbocycles. The second-order valence-electron chi connectivity index (χ2n) is 6.99. The number of benzene rings is 2. The molecule has 0 spiro atoms. The van der Waals surface area contributed by atoms with Gasteiger partial charge in [0, 0.05) is 22.3 Å². The van der Waals surface area contributed by atoms with Crippen molar-refractivity contribution in [2.75, 3.05) is 11.1 Å². The number of nitrogens with zero attached hydrogens (tertiary/aromatic N) is 3. The number of nitrogens with one attached hydrogen (secondary N) is 2. The highest BCUT2D eigenvalue weighted by Crippen LogP contribution is 2.21. The summed E-state index contributed by atoms with van der Waals surface area (Å²) in [5.74, 6) is 0.568. The third kappa shape index (κ3) is 6.18. The van der Waals surface area contributed by atoms with E-state index in [2.05, 4.69) is 36.8 Å². The van der Waals surface area contributed by atoms with Gasteiger partial charge >= 0.3 is 0 Å². The summed E-state index contributed by atoms with van der Waals surface area (Å²) in [4.78, 5) is 24.8. The van der Waals surface area contributed by atoms with Gasteiger partial charge in [-0.2, -0.15) is 0 Å². The van der Waals surface area contributed by atoms with Crippen LogP contribution < -0.4 is 10.6 Å². The Bertz CT molecular complexity index is 1050. The minimum atomic E-state index is -0.327. The normalized spacial score (nSPS) is 11.7. The first-order chi connectivity index (χ1) is 14.9. The van der Waals surface area contributed by atoms with Gasteiger partial charge in [-0.25, -0.2) is 0 Å². The number of anilines is 1. The van der Waals surface area contributed by atoms with Crippen LogP contribution in [0.2, 0.25) is 0 Å². The summed E-state index contributed by atoms with van der Waals surface area (Å²) in [5, 5.41) is 15.0. The zero-order chi connectivity index (χ0) is 22.4. The smallest absolute Gasteiger partial charge is 0.251 e. The van der Waals surface area contributed by atoms with Gasteiger partial charge in [-0.15, -0.1) is 10.2 Å². The molecule has 0 aliphatic carbocycles. The van der Waals surface area contributed by atoms with E-state index in [4.69, 9.17) is 0 Å². The summed E-state index contributed by atoms with van der Waals surface area (Å²) in [5.41, 5.74) is 2.43. The molecule has 1 aromatic heterocycles. The molecule has 2 amide bonds. The molecule has 31 heavy (non-hydrogen) atoms. The minimum absolute atomic E-state index is 0.125. The monoisotopic (exact) mass is 501 g/mol. The van der Waals surface area contributed by atoms with Crippen molar-refractivity contribution in [3.63, 3.8) is 0 Å². The predicted octanol–water partition coefficient (Wildman–Crippen LogP) is 4.59. The average Bonchev–Trinajstić information content (AvgIpc) is 3.17. The second kappa shape index (κ2) is 10.6. The van der Waals surface area contributed by atoms with Crippen molar-refractivity contribution in [2.24, 2.45) is 0 Å². The fraction of sp³-hybridized carbons (Fsp3) is 0.273. The van der Waals surface area contributed by atoms with Crippen LogP contribution in [0, 0.1) is 6.92 Å². The van der Waals surface area contributed by atoms with Gasteiger partial charge in [0.15, 0.2) is 11.0 Å². The number of halogens is 1. The van der Waals surface area contributed by atoms with E-state index >= 15 is 0 Å². The van der Waals surface area contributed by atoms with Crippen LogP contribution in [-0.4, -0.2) is 32.3 Å². The lowest BCUT2D eigenvalue weighted by molar-refractivity contribution is -0.113. The van der Waals surface area contributed by atoms with Gasteiger partial charge in [-0.05, 0) is 57.2 Å². The summed E-state index contributed by atoms with van der Waals surface area (Å²) in [7, 11) is 0.